The van der Waals surface area contributed by atoms with Crippen LogP contribution in [0.4, 0.5) is 0 Å². The van der Waals surface area contributed by atoms with Crippen molar-refractivity contribution in [2.24, 2.45) is 4.99 Å². The minimum absolute atomic E-state index is 0. The van der Waals surface area contributed by atoms with Gasteiger partial charge in [0.2, 0.25) is 0 Å². The van der Waals surface area contributed by atoms with Gasteiger partial charge in [-0.2, -0.15) is 0 Å². The molecule has 3 aromatic rings. The lowest BCUT2D eigenvalue weighted by Gasteiger charge is -2.30. The molecule has 1 unspecified atom stereocenters. The SMILES string of the molecule is CN=C(NCCc1cn2cccc(C)c2n1)NCC(c1ccccc1OC)N1CCCC1.I. The molecule has 33 heavy (non-hydrogen) atoms. The number of para-hydroxylation sites is 1. The van der Waals surface area contributed by atoms with Crippen LogP contribution in [-0.2, 0) is 6.42 Å². The maximum Gasteiger partial charge on any atom is 0.191 e. The van der Waals surface area contributed by atoms with E-state index in [1.54, 1.807) is 7.11 Å². The van der Waals surface area contributed by atoms with Crippen LogP contribution in [0.15, 0.2) is 53.8 Å². The Bertz CT molecular complexity index is 1060. The number of hydrogen-bond acceptors (Lipinski definition) is 4. The van der Waals surface area contributed by atoms with Crippen LogP contribution in [0.3, 0.4) is 0 Å². The Labute approximate surface area is 213 Å². The van der Waals surface area contributed by atoms with Crippen molar-refractivity contribution < 1.29 is 4.74 Å². The second kappa shape index (κ2) is 12.2. The van der Waals surface area contributed by atoms with Gasteiger partial charge in [-0.15, -0.1) is 24.0 Å². The molecule has 7 nitrogen and oxygen atoms in total. The number of aromatic nitrogens is 2. The van der Waals surface area contributed by atoms with E-state index in [1.165, 1.54) is 24.0 Å². The Morgan fingerprint density at radius 1 is 1.15 bits per heavy atom. The summed E-state index contributed by atoms with van der Waals surface area (Å²) >= 11 is 0. The number of rotatable bonds is 8. The fourth-order valence-corrected chi connectivity index (χ4v) is 4.48. The number of imidazole rings is 1. The second-order valence-corrected chi connectivity index (χ2v) is 8.29. The number of aliphatic imine (C=N–C) groups is 1. The van der Waals surface area contributed by atoms with Crippen LogP contribution >= 0.6 is 24.0 Å². The van der Waals surface area contributed by atoms with Gasteiger partial charge < -0.3 is 19.8 Å². The molecule has 0 bridgehead atoms. The molecule has 8 heteroatoms. The largest absolute Gasteiger partial charge is 0.496 e. The van der Waals surface area contributed by atoms with Crippen molar-refractivity contribution >= 4 is 35.6 Å². The number of pyridine rings is 1. The second-order valence-electron chi connectivity index (χ2n) is 8.29. The highest BCUT2D eigenvalue weighted by Gasteiger charge is 2.26. The van der Waals surface area contributed by atoms with Gasteiger partial charge in [0, 0.05) is 44.5 Å². The minimum Gasteiger partial charge on any atom is -0.496 e. The van der Waals surface area contributed by atoms with Gasteiger partial charge in [0.25, 0.3) is 0 Å². The third-order valence-corrected chi connectivity index (χ3v) is 6.17. The predicted molar refractivity (Wildman–Crippen MR) is 145 cm³/mol. The summed E-state index contributed by atoms with van der Waals surface area (Å²) in [5, 5.41) is 6.98. The number of nitrogens with one attached hydrogen (secondary N) is 2. The molecule has 0 saturated carbocycles. The molecule has 178 valence electrons. The molecule has 3 heterocycles. The summed E-state index contributed by atoms with van der Waals surface area (Å²) in [6.45, 7) is 5.86. The number of guanidine groups is 1. The summed E-state index contributed by atoms with van der Waals surface area (Å²) in [5.41, 5.74) is 4.51. The Morgan fingerprint density at radius 2 is 1.94 bits per heavy atom. The monoisotopic (exact) mass is 562 g/mol. The molecule has 0 radical (unpaired) electrons. The van der Waals surface area contributed by atoms with Crippen LogP contribution < -0.4 is 15.4 Å². The van der Waals surface area contributed by atoms with Crippen molar-refractivity contribution in [2.45, 2.75) is 32.2 Å². The lowest BCUT2D eigenvalue weighted by Crippen LogP contribution is -2.43. The Hall–Kier alpha value is -2.33. The van der Waals surface area contributed by atoms with Crippen LogP contribution in [0.1, 0.15) is 35.7 Å². The van der Waals surface area contributed by atoms with E-state index in [4.69, 9.17) is 9.72 Å². The number of ether oxygens (including phenoxy) is 1. The molecule has 0 amide bonds. The molecule has 1 aliphatic heterocycles. The number of fused-ring (bicyclic) bond motifs is 1. The first-order valence-corrected chi connectivity index (χ1v) is 11.4. The molecule has 0 spiro atoms. The normalized spacial score (nSPS) is 15.3. The van der Waals surface area contributed by atoms with Crippen molar-refractivity contribution in [1.82, 2.24) is 24.9 Å². The number of nitrogens with zero attached hydrogens (tertiary/aromatic N) is 4. The van der Waals surface area contributed by atoms with Gasteiger partial charge in [-0.3, -0.25) is 9.89 Å². The quantitative estimate of drug-likeness (QED) is 0.249. The van der Waals surface area contributed by atoms with Crippen molar-refractivity contribution in [1.29, 1.82) is 0 Å². The van der Waals surface area contributed by atoms with Crippen molar-refractivity contribution in [3.63, 3.8) is 0 Å². The van der Waals surface area contributed by atoms with E-state index in [1.807, 2.05) is 25.4 Å². The van der Waals surface area contributed by atoms with E-state index in [-0.39, 0.29) is 30.0 Å². The van der Waals surface area contributed by atoms with E-state index < -0.39 is 0 Å². The minimum atomic E-state index is 0. The van der Waals surface area contributed by atoms with Gasteiger partial charge in [0.05, 0.1) is 18.8 Å². The lowest BCUT2D eigenvalue weighted by atomic mass is 10.0. The first-order chi connectivity index (χ1) is 15.7. The van der Waals surface area contributed by atoms with Gasteiger partial charge in [0.1, 0.15) is 11.4 Å². The van der Waals surface area contributed by atoms with Gasteiger partial charge in [-0.1, -0.05) is 24.3 Å². The number of methoxy groups -OCH3 is 1. The first-order valence-electron chi connectivity index (χ1n) is 11.4. The molecule has 1 aliphatic rings. The van der Waals surface area contributed by atoms with E-state index in [9.17, 15) is 0 Å². The topological polar surface area (TPSA) is 66.2 Å². The fraction of sp³-hybridized carbons (Fsp3) is 0.440. The van der Waals surface area contributed by atoms with Crippen molar-refractivity contribution in [2.75, 3.05) is 40.3 Å². The summed E-state index contributed by atoms with van der Waals surface area (Å²) < 4.78 is 7.75. The molecule has 2 aromatic heterocycles. The number of halogens is 1. The third-order valence-electron chi connectivity index (χ3n) is 6.17. The molecular formula is C25H35IN6O. The molecule has 2 N–H and O–H groups in total. The summed E-state index contributed by atoms with van der Waals surface area (Å²) in [5.74, 6) is 1.75. The Kier molecular flexibility index (Phi) is 9.37. The average Bonchev–Trinajstić information content (AvgIpc) is 3.49. The zero-order chi connectivity index (χ0) is 22.3. The molecular weight excluding hydrogens is 527 g/mol. The summed E-state index contributed by atoms with van der Waals surface area (Å²) in [4.78, 5) is 11.7. The highest BCUT2D eigenvalue weighted by Crippen LogP contribution is 2.31. The Morgan fingerprint density at radius 3 is 2.67 bits per heavy atom. The molecule has 1 atom stereocenters. The predicted octanol–water partition coefficient (Wildman–Crippen LogP) is 3.81. The van der Waals surface area contributed by atoms with Gasteiger partial charge in [0.15, 0.2) is 5.96 Å². The van der Waals surface area contributed by atoms with Crippen molar-refractivity contribution in [3.05, 3.63) is 65.6 Å². The van der Waals surface area contributed by atoms with Crippen LogP contribution in [0.5, 0.6) is 5.75 Å². The maximum atomic E-state index is 5.66. The highest BCUT2D eigenvalue weighted by atomic mass is 127. The van der Waals surface area contributed by atoms with E-state index in [0.29, 0.717) is 0 Å². The summed E-state index contributed by atoms with van der Waals surface area (Å²) in [6, 6.07) is 12.7. The van der Waals surface area contributed by atoms with Gasteiger partial charge >= 0.3 is 0 Å². The van der Waals surface area contributed by atoms with Crippen LogP contribution in [-0.4, -0.2) is 60.6 Å². The number of hydrogen-bond donors (Lipinski definition) is 2. The molecule has 4 rings (SSSR count). The molecule has 1 saturated heterocycles. The average molecular weight is 563 g/mol. The Balaban J connectivity index is 0.00000306. The van der Waals surface area contributed by atoms with Crippen LogP contribution in [0.25, 0.3) is 5.65 Å². The number of aryl methyl sites for hydroxylation is 1. The van der Waals surface area contributed by atoms with E-state index >= 15 is 0 Å². The maximum absolute atomic E-state index is 5.66. The fourth-order valence-electron chi connectivity index (χ4n) is 4.48. The molecule has 0 aliphatic carbocycles. The van der Waals surface area contributed by atoms with E-state index in [2.05, 4.69) is 62.3 Å². The highest BCUT2D eigenvalue weighted by molar-refractivity contribution is 14.0. The van der Waals surface area contributed by atoms with E-state index in [0.717, 1.165) is 55.7 Å². The number of benzene rings is 1. The lowest BCUT2D eigenvalue weighted by molar-refractivity contribution is 0.239. The van der Waals surface area contributed by atoms with Crippen LogP contribution in [0.2, 0.25) is 0 Å². The van der Waals surface area contributed by atoms with Gasteiger partial charge in [-0.25, -0.2) is 4.98 Å². The zero-order valence-electron chi connectivity index (χ0n) is 19.8. The summed E-state index contributed by atoms with van der Waals surface area (Å²) in [6.07, 6.45) is 7.48. The number of likely N-dealkylation sites (tertiary alicyclic amines) is 1. The molecule has 1 fully saturated rings. The third kappa shape index (κ3) is 6.17. The van der Waals surface area contributed by atoms with Crippen molar-refractivity contribution in [3.8, 4) is 5.75 Å². The zero-order valence-corrected chi connectivity index (χ0v) is 22.1. The molecule has 1 aromatic carbocycles. The van der Waals surface area contributed by atoms with Gasteiger partial charge in [-0.05, 0) is 50.6 Å². The standard InChI is InChI=1S/C25H34N6O.HI/c1-19-9-8-16-31-18-20(29-24(19)31)12-13-27-25(26-2)28-17-22(30-14-6-7-15-30)21-10-4-5-11-23(21)32-3;/h4-5,8-11,16,18,22H,6-7,12-15,17H2,1-3H3,(H2,26,27,28);1H. The van der Waals surface area contributed by atoms with Crippen LogP contribution in [0, 0.1) is 6.92 Å². The smallest absolute Gasteiger partial charge is 0.191 e. The summed E-state index contributed by atoms with van der Waals surface area (Å²) in [7, 11) is 3.56. The first kappa shape index (κ1) is 25.3.